The molecule has 1 aliphatic heterocycles. The Labute approximate surface area is 119 Å². The second-order valence-corrected chi connectivity index (χ2v) is 5.63. The molecule has 1 aromatic rings. The fourth-order valence-electron chi connectivity index (χ4n) is 2.78. The van der Waals surface area contributed by atoms with E-state index in [0.29, 0.717) is 5.92 Å². The quantitative estimate of drug-likeness (QED) is 0.922. The number of nitrogens with zero attached hydrogens (tertiary/aromatic N) is 1. The van der Waals surface area contributed by atoms with Gasteiger partial charge in [-0.15, -0.1) is 0 Å². The van der Waals surface area contributed by atoms with Crippen LogP contribution < -0.4 is 0 Å². The molecule has 0 radical (unpaired) electrons. The second-order valence-electron chi connectivity index (χ2n) is 5.63. The second kappa shape index (κ2) is 6.07. The molecule has 0 aliphatic carbocycles. The number of aromatic carboxylic acids is 1. The predicted octanol–water partition coefficient (Wildman–Crippen LogP) is 2.57. The molecule has 4 nitrogen and oxygen atoms in total. The lowest BCUT2D eigenvalue weighted by Gasteiger charge is -2.38. The molecule has 2 unspecified atom stereocenters. The summed E-state index contributed by atoms with van der Waals surface area (Å²) in [6.07, 6.45) is 2.49. The Morgan fingerprint density at radius 2 is 2.10 bits per heavy atom. The van der Waals surface area contributed by atoms with Crippen LogP contribution in [0.1, 0.15) is 42.6 Å². The van der Waals surface area contributed by atoms with E-state index in [2.05, 4.69) is 13.8 Å². The molecule has 1 amide bonds. The minimum Gasteiger partial charge on any atom is -0.478 e. The van der Waals surface area contributed by atoms with Crippen LogP contribution in [-0.2, 0) is 11.2 Å². The van der Waals surface area contributed by atoms with Crippen molar-refractivity contribution in [3.63, 3.8) is 0 Å². The third kappa shape index (κ3) is 3.18. The summed E-state index contributed by atoms with van der Waals surface area (Å²) in [6, 6.07) is 6.88. The van der Waals surface area contributed by atoms with Crippen molar-refractivity contribution in [3.05, 3.63) is 35.4 Å². The molecule has 1 fully saturated rings. The molecule has 1 saturated heterocycles. The van der Waals surface area contributed by atoms with E-state index in [4.69, 9.17) is 5.11 Å². The van der Waals surface area contributed by atoms with Crippen LogP contribution in [0.4, 0.5) is 0 Å². The third-order valence-corrected chi connectivity index (χ3v) is 4.22. The van der Waals surface area contributed by atoms with Crippen LogP contribution in [-0.4, -0.2) is 34.5 Å². The summed E-state index contributed by atoms with van der Waals surface area (Å²) in [5.74, 6) is -0.344. The number of hydrogen-bond donors (Lipinski definition) is 1. The fourth-order valence-corrected chi connectivity index (χ4v) is 2.78. The zero-order valence-corrected chi connectivity index (χ0v) is 12.0. The Balaban J connectivity index is 2.07. The normalized spacial score (nSPS) is 22.6. The van der Waals surface area contributed by atoms with Crippen molar-refractivity contribution in [2.45, 2.75) is 39.2 Å². The Hall–Kier alpha value is -1.84. The number of carbonyl (C=O) groups excluding carboxylic acids is 1. The lowest BCUT2D eigenvalue weighted by atomic mass is 9.91. The number of amides is 1. The number of benzene rings is 1. The van der Waals surface area contributed by atoms with Crippen molar-refractivity contribution in [2.24, 2.45) is 5.92 Å². The van der Waals surface area contributed by atoms with Crippen LogP contribution in [0.15, 0.2) is 24.3 Å². The Morgan fingerprint density at radius 3 is 2.80 bits per heavy atom. The van der Waals surface area contributed by atoms with Gasteiger partial charge in [0.2, 0.25) is 5.91 Å². The molecule has 0 spiro atoms. The van der Waals surface area contributed by atoms with Gasteiger partial charge >= 0.3 is 5.97 Å². The highest BCUT2D eigenvalue weighted by Crippen LogP contribution is 2.23. The highest BCUT2D eigenvalue weighted by molar-refractivity contribution is 5.88. The molecule has 0 saturated carbocycles. The van der Waals surface area contributed by atoms with E-state index in [1.165, 1.54) is 6.42 Å². The van der Waals surface area contributed by atoms with Crippen LogP contribution in [0.25, 0.3) is 0 Å². The predicted molar refractivity (Wildman–Crippen MR) is 76.7 cm³/mol. The Bertz CT molecular complexity index is 512. The Morgan fingerprint density at radius 1 is 1.35 bits per heavy atom. The van der Waals surface area contributed by atoms with Crippen LogP contribution in [0.5, 0.6) is 0 Å². The van der Waals surface area contributed by atoms with Gasteiger partial charge in [-0.3, -0.25) is 4.79 Å². The molecule has 20 heavy (non-hydrogen) atoms. The smallest absolute Gasteiger partial charge is 0.335 e. The van der Waals surface area contributed by atoms with Gasteiger partial charge in [0.25, 0.3) is 0 Å². The van der Waals surface area contributed by atoms with Gasteiger partial charge in [-0.25, -0.2) is 4.79 Å². The lowest BCUT2D eigenvalue weighted by molar-refractivity contribution is -0.135. The maximum Gasteiger partial charge on any atom is 0.335 e. The zero-order valence-electron chi connectivity index (χ0n) is 12.0. The summed E-state index contributed by atoms with van der Waals surface area (Å²) in [7, 11) is 0. The summed E-state index contributed by atoms with van der Waals surface area (Å²) in [4.78, 5) is 25.3. The maximum atomic E-state index is 12.4. The minimum absolute atomic E-state index is 0.0894. The van der Waals surface area contributed by atoms with Crippen molar-refractivity contribution < 1.29 is 14.7 Å². The van der Waals surface area contributed by atoms with Gasteiger partial charge in [0, 0.05) is 12.6 Å². The van der Waals surface area contributed by atoms with Crippen molar-refractivity contribution in [2.75, 3.05) is 6.54 Å². The first-order valence-corrected chi connectivity index (χ1v) is 7.10. The van der Waals surface area contributed by atoms with E-state index in [1.807, 2.05) is 11.0 Å². The molecular formula is C16H21NO3. The molecule has 108 valence electrons. The number of rotatable bonds is 3. The summed E-state index contributed by atoms with van der Waals surface area (Å²) < 4.78 is 0. The largest absolute Gasteiger partial charge is 0.478 e. The molecule has 1 aliphatic rings. The van der Waals surface area contributed by atoms with Gasteiger partial charge < -0.3 is 10.0 Å². The zero-order chi connectivity index (χ0) is 14.7. The first-order chi connectivity index (χ1) is 9.49. The topological polar surface area (TPSA) is 57.6 Å². The lowest BCUT2D eigenvalue weighted by Crippen LogP contribution is -2.46. The molecule has 0 bridgehead atoms. The van der Waals surface area contributed by atoms with E-state index in [-0.39, 0.29) is 23.9 Å². The first kappa shape index (κ1) is 14.6. The molecule has 1 N–H and O–H groups in total. The van der Waals surface area contributed by atoms with E-state index in [9.17, 15) is 9.59 Å². The van der Waals surface area contributed by atoms with E-state index in [1.54, 1.807) is 18.2 Å². The average Bonchev–Trinajstić information content (AvgIpc) is 2.42. The third-order valence-electron chi connectivity index (χ3n) is 4.22. The molecule has 1 aromatic carbocycles. The standard InChI is InChI=1S/C16H21NO3/c1-11-5-4-8-17(12(11)2)15(18)10-13-6-3-7-14(9-13)16(19)20/h3,6-7,9,11-12H,4-5,8,10H2,1-2H3,(H,19,20). The number of piperidine rings is 1. The number of carboxylic acid groups (broad SMARTS) is 1. The molecule has 1 heterocycles. The van der Waals surface area contributed by atoms with Crippen molar-refractivity contribution in [3.8, 4) is 0 Å². The Kier molecular flexibility index (Phi) is 4.42. The number of carboxylic acids is 1. The van der Waals surface area contributed by atoms with Crippen molar-refractivity contribution in [1.29, 1.82) is 0 Å². The number of likely N-dealkylation sites (tertiary alicyclic amines) is 1. The summed E-state index contributed by atoms with van der Waals surface area (Å²) >= 11 is 0. The van der Waals surface area contributed by atoms with Gasteiger partial charge in [-0.2, -0.15) is 0 Å². The molecular weight excluding hydrogens is 254 g/mol. The van der Waals surface area contributed by atoms with E-state index in [0.717, 1.165) is 18.5 Å². The first-order valence-electron chi connectivity index (χ1n) is 7.10. The van der Waals surface area contributed by atoms with Crippen molar-refractivity contribution >= 4 is 11.9 Å². The van der Waals surface area contributed by atoms with E-state index < -0.39 is 5.97 Å². The van der Waals surface area contributed by atoms with Crippen molar-refractivity contribution in [1.82, 2.24) is 4.90 Å². The summed E-state index contributed by atoms with van der Waals surface area (Å²) in [6.45, 7) is 5.08. The fraction of sp³-hybridized carbons (Fsp3) is 0.500. The van der Waals surface area contributed by atoms with Crippen LogP contribution in [0.2, 0.25) is 0 Å². The molecule has 4 heteroatoms. The summed E-state index contributed by atoms with van der Waals surface area (Å²) in [5, 5.41) is 8.97. The highest BCUT2D eigenvalue weighted by Gasteiger charge is 2.28. The minimum atomic E-state index is -0.959. The van der Waals surface area contributed by atoms with Crippen LogP contribution in [0, 0.1) is 5.92 Å². The maximum absolute atomic E-state index is 12.4. The average molecular weight is 275 g/mol. The highest BCUT2D eigenvalue weighted by atomic mass is 16.4. The summed E-state index contributed by atoms with van der Waals surface area (Å²) in [5.41, 5.74) is 0.996. The molecule has 2 atom stereocenters. The van der Waals surface area contributed by atoms with Gasteiger partial charge in [0.15, 0.2) is 0 Å². The monoisotopic (exact) mass is 275 g/mol. The molecule has 0 aromatic heterocycles. The van der Waals surface area contributed by atoms with Gasteiger partial charge in [0.1, 0.15) is 0 Å². The van der Waals surface area contributed by atoms with Gasteiger partial charge in [-0.05, 0) is 43.4 Å². The van der Waals surface area contributed by atoms with Gasteiger partial charge in [0.05, 0.1) is 12.0 Å². The van der Waals surface area contributed by atoms with Crippen LogP contribution in [0.3, 0.4) is 0 Å². The van der Waals surface area contributed by atoms with E-state index >= 15 is 0 Å². The number of hydrogen-bond acceptors (Lipinski definition) is 2. The van der Waals surface area contributed by atoms with Gasteiger partial charge in [-0.1, -0.05) is 19.1 Å². The molecule has 2 rings (SSSR count). The SMILES string of the molecule is CC1CCCN(C(=O)Cc2cccc(C(=O)O)c2)C1C. The number of carbonyl (C=O) groups is 2. The van der Waals surface area contributed by atoms with Crippen LogP contribution >= 0.6 is 0 Å².